The molecule has 1 heterocycles. The van der Waals surface area contributed by atoms with E-state index in [1.165, 1.54) is 0 Å². The Hall–Kier alpha value is -1.30. The molecule has 0 saturated carbocycles. The van der Waals surface area contributed by atoms with Crippen molar-refractivity contribution in [3.05, 3.63) is 0 Å². The number of rotatable bonds is 6. The molecule has 6 nitrogen and oxygen atoms in total. The fraction of sp³-hybridized carbons (Fsp3) is 0.882. The van der Waals surface area contributed by atoms with Crippen LogP contribution >= 0.6 is 0 Å². The van der Waals surface area contributed by atoms with Gasteiger partial charge in [0.05, 0.1) is 0 Å². The molecule has 0 aliphatic carbocycles. The van der Waals surface area contributed by atoms with Crippen molar-refractivity contribution in [3.8, 4) is 0 Å². The highest BCUT2D eigenvalue weighted by atomic mass is 16.6. The number of nitrogens with one attached hydrogen (secondary N) is 2. The van der Waals surface area contributed by atoms with E-state index in [1.54, 1.807) is 4.90 Å². The molecule has 1 atom stereocenters. The van der Waals surface area contributed by atoms with Crippen LogP contribution in [0.25, 0.3) is 0 Å². The summed E-state index contributed by atoms with van der Waals surface area (Å²) in [5.41, 5.74) is -0.451. The predicted molar refractivity (Wildman–Crippen MR) is 91.4 cm³/mol. The van der Waals surface area contributed by atoms with Gasteiger partial charge in [-0.25, -0.2) is 4.79 Å². The summed E-state index contributed by atoms with van der Waals surface area (Å²) in [6, 6.07) is 0.362. The van der Waals surface area contributed by atoms with Crippen molar-refractivity contribution in [1.82, 2.24) is 15.5 Å². The zero-order valence-electron chi connectivity index (χ0n) is 15.1. The van der Waals surface area contributed by atoms with Gasteiger partial charge in [-0.1, -0.05) is 6.92 Å². The standard InChI is InChI=1S/C17H33N3O3/c1-5-10-19-15(21)8-11-18-14-7-6-12-20(13-9-14)16(22)23-17(2,3)4/h14,18H,5-13H2,1-4H3,(H,19,21). The van der Waals surface area contributed by atoms with Crippen molar-refractivity contribution in [2.45, 2.75) is 71.4 Å². The first-order valence-electron chi connectivity index (χ1n) is 8.80. The molecule has 0 bridgehead atoms. The van der Waals surface area contributed by atoms with Crippen LogP contribution in [-0.2, 0) is 9.53 Å². The fourth-order valence-corrected chi connectivity index (χ4v) is 2.55. The Balaban J connectivity index is 2.27. The third-order valence-electron chi connectivity index (χ3n) is 3.74. The van der Waals surface area contributed by atoms with Crippen LogP contribution < -0.4 is 10.6 Å². The van der Waals surface area contributed by atoms with Crippen LogP contribution in [0.3, 0.4) is 0 Å². The lowest BCUT2D eigenvalue weighted by atomic mass is 10.1. The van der Waals surface area contributed by atoms with E-state index in [1.807, 2.05) is 27.7 Å². The van der Waals surface area contributed by atoms with Gasteiger partial charge in [-0.15, -0.1) is 0 Å². The molecule has 2 amide bonds. The Morgan fingerprint density at radius 3 is 2.57 bits per heavy atom. The third-order valence-corrected chi connectivity index (χ3v) is 3.74. The number of carbonyl (C=O) groups excluding carboxylic acids is 2. The largest absolute Gasteiger partial charge is 0.444 e. The quantitative estimate of drug-likeness (QED) is 0.785. The number of likely N-dealkylation sites (tertiary alicyclic amines) is 1. The summed E-state index contributed by atoms with van der Waals surface area (Å²) in [7, 11) is 0. The van der Waals surface area contributed by atoms with E-state index in [0.29, 0.717) is 25.6 Å². The average molecular weight is 327 g/mol. The number of hydrogen-bond donors (Lipinski definition) is 2. The van der Waals surface area contributed by atoms with Gasteiger partial charge in [-0.2, -0.15) is 0 Å². The summed E-state index contributed by atoms with van der Waals surface area (Å²) in [6.07, 6.45) is 4.12. The van der Waals surface area contributed by atoms with Crippen LogP contribution in [0, 0.1) is 0 Å². The summed E-state index contributed by atoms with van der Waals surface area (Å²) in [6.45, 7) is 10.6. The SMILES string of the molecule is CCCNC(=O)CCNC1CCCN(C(=O)OC(C)(C)C)CC1. The zero-order valence-corrected chi connectivity index (χ0v) is 15.1. The summed E-state index contributed by atoms with van der Waals surface area (Å²) in [5, 5.41) is 6.31. The molecule has 0 radical (unpaired) electrons. The summed E-state index contributed by atoms with van der Waals surface area (Å²) < 4.78 is 5.43. The van der Waals surface area contributed by atoms with Crippen LogP contribution in [0.4, 0.5) is 4.79 Å². The summed E-state index contributed by atoms with van der Waals surface area (Å²) >= 11 is 0. The van der Waals surface area contributed by atoms with E-state index < -0.39 is 5.60 Å². The lowest BCUT2D eigenvalue weighted by Crippen LogP contribution is -2.38. The van der Waals surface area contributed by atoms with Gasteiger partial charge in [0.2, 0.25) is 5.91 Å². The van der Waals surface area contributed by atoms with Crippen molar-refractivity contribution in [2.24, 2.45) is 0 Å². The Labute approximate surface area is 140 Å². The molecule has 1 unspecified atom stereocenters. The van der Waals surface area contributed by atoms with Crippen LogP contribution in [-0.4, -0.2) is 54.7 Å². The summed E-state index contributed by atoms with van der Waals surface area (Å²) in [4.78, 5) is 25.5. The molecule has 23 heavy (non-hydrogen) atoms. The number of amides is 2. The van der Waals surface area contributed by atoms with Gasteiger partial charge in [0.15, 0.2) is 0 Å². The molecule has 1 rings (SSSR count). The molecule has 0 aromatic rings. The monoisotopic (exact) mass is 327 g/mol. The van der Waals surface area contributed by atoms with E-state index in [0.717, 1.165) is 38.8 Å². The van der Waals surface area contributed by atoms with Gasteiger partial charge in [0, 0.05) is 38.6 Å². The predicted octanol–water partition coefficient (Wildman–Crippen LogP) is 2.28. The van der Waals surface area contributed by atoms with Crippen molar-refractivity contribution >= 4 is 12.0 Å². The molecule has 1 fully saturated rings. The second-order valence-electron chi connectivity index (χ2n) is 7.15. The molecule has 1 aliphatic heterocycles. The number of carbonyl (C=O) groups is 2. The lowest BCUT2D eigenvalue weighted by molar-refractivity contribution is -0.121. The van der Waals surface area contributed by atoms with Crippen LogP contribution in [0.1, 0.15) is 59.8 Å². The van der Waals surface area contributed by atoms with E-state index in [9.17, 15) is 9.59 Å². The van der Waals surface area contributed by atoms with Gasteiger partial charge in [-0.3, -0.25) is 4.79 Å². The molecule has 134 valence electrons. The lowest BCUT2D eigenvalue weighted by Gasteiger charge is -2.26. The molecule has 0 aromatic heterocycles. The van der Waals surface area contributed by atoms with Gasteiger partial charge >= 0.3 is 6.09 Å². The topological polar surface area (TPSA) is 70.7 Å². The number of ether oxygens (including phenoxy) is 1. The molecular formula is C17H33N3O3. The van der Waals surface area contributed by atoms with Crippen molar-refractivity contribution in [2.75, 3.05) is 26.2 Å². The van der Waals surface area contributed by atoms with E-state index in [-0.39, 0.29) is 12.0 Å². The number of nitrogens with zero attached hydrogens (tertiary/aromatic N) is 1. The smallest absolute Gasteiger partial charge is 0.410 e. The molecule has 0 spiro atoms. The minimum Gasteiger partial charge on any atom is -0.444 e. The molecule has 2 N–H and O–H groups in total. The highest BCUT2D eigenvalue weighted by Crippen LogP contribution is 2.15. The molecule has 1 aliphatic rings. The van der Waals surface area contributed by atoms with Crippen LogP contribution in [0.15, 0.2) is 0 Å². The summed E-state index contributed by atoms with van der Waals surface area (Å²) in [5.74, 6) is 0.100. The average Bonchev–Trinajstić information content (AvgIpc) is 2.69. The highest BCUT2D eigenvalue weighted by molar-refractivity contribution is 5.76. The van der Waals surface area contributed by atoms with Crippen LogP contribution in [0.5, 0.6) is 0 Å². The van der Waals surface area contributed by atoms with Gasteiger partial charge in [0.1, 0.15) is 5.60 Å². The molecule has 1 saturated heterocycles. The van der Waals surface area contributed by atoms with Crippen LogP contribution in [0.2, 0.25) is 0 Å². The second kappa shape index (κ2) is 9.75. The maximum atomic E-state index is 12.1. The Morgan fingerprint density at radius 2 is 1.91 bits per heavy atom. The second-order valence-corrected chi connectivity index (χ2v) is 7.15. The Kier molecular flexibility index (Phi) is 8.37. The zero-order chi connectivity index (χ0) is 17.3. The Bertz CT molecular complexity index is 380. The van der Waals surface area contributed by atoms with E-state index in [2.05, 4.69) is 10.6 Å². The molecule has 0 aromatic carbocycles. The first-order chi connectivity index (χ1) is 10.8. The van der Waals surface area contributed by atoms with E-state index >= 15 is 0 Å². The van der Waals surface area contributed by atoms with Crippen molar-refractivity contribution in [1.29, 1.82) is 0 Å². The van der Waals surface area contributed by atoms with Gasteiger partial charge in [0.25, 0.3) is 0 Å². The third kappa shape index (κ3) is 8.79. The maximum Gasteiger partial charge on any atom is 0.410 e. The van der Waals surface area contributed by atoms with Gasteiger partial charge < -0.3 is 20.3 Å². The number of hydrogen-bond acceptors (Lipinski definition) is 4. The minimum atomic E-state index is -0.451. The fourth-order valence-electron chi connectivity index (χ4n) is 2.55. The normalized spacial score (nSPS) is 19.1. The molecule has 6 heteroatoms. The van der Waals surface area contributed by atoms with Crippen molar-refractivity contribution < 1.29 is 14.3 Å². The first kappa shape index (κ1) is 19.7. The first-order valence-corrected chi connectivity index (χ1v) is 8.80. The maximum absolute atomic E-state index is 12.1. The van der Waals surface area contributed by atoms with Crippen molar-refractivity contribution in [3.63, 3.8) is 0 Å². The Morgan fingerprint density at radius 1 is 1.17 bits per heavy atom. The van der Waals surface area contributed by atoms with E-state index in [4.69, 9.17) is 4.74 Å². The van der Waals surface area contributed by atoms with Gasteiger partial charge in [-0.05, 0) is 46.5 Å². The molecular weight excluding hydrogens is 294 g/mol. The minimum absolute atomic E-state index is 0.100. The highest BCUT2D eigenvalue weighted by Gasteiger charge is 2.25.